The van der Waals surface area contributed by atoms with E-state index in [2.05, 4.69) is 10.3 Å². The minimum Gasteiger partial charge on any atom is -0.355 e. The van der Waals surface area contributed by atoms with Crippen molar-refractivity contribution in [2.24, 2.45) is 0 Å². The summed E-state index contributed by atoms with van der Waals surface area (Å²) in [4.78, 5) is 29.7. The van der Waals surface area contributed by atoms with Gasteiger partial charge < -0.3 is 5.32 Å². The molecule has 1 N–H and O–H groups in total. The normalized spacial score (nSPS) is 10.9. The average molecular weight is 341 g/mol. The van der Waals surface area contributed by atoms with Gasteiger partial charge in [-0.25, -0.2) is 4.98 Å². The number of benzene rings is 1. The van der Waals surface area contributed by atoms with Crippen LogP contribution in [0.3, 0.4) is 0 Å². The van der Waals surface area contributed by atoms with Gasteiger partial charge in [0, 0.05) is 17.5 Å². The van der Waals surface area contributed by atoms with Crippen LogP contribution < -0.4 is 10.9 Å². The van der Waals surface area contributed by atoms with Crippen molar-refractivity contribution in [1.29, 1.82) is 0 Å². The van der Waals surface area contributed by atoms with Crippen LogP contribution >= 0.6 is 11.3 Å². The lowest BCUT2D eigenvalue weighted by atomic mass is 10.1. The summed E-state index contributed by atoms with van der Waals surface area (Å²) in [6.45, 7) is 4.61. The zero-order valence-corrected chi connectivity index (χ0v) is 14.5. The van der Waals surface area contributed by atoms with Crippen LogP contribution in [0.2, 0.25) is 0 Å². The minimum absolute atomic E-state index is 0.00897. The van der Waals surface area contributed by atoms with E-state index in [4.69, 9.17) is 0 Å². The molecule has 3 aromatic rings. The van der Waals surface area contributed by atoms with Crippen LogP contribution in [-0.2, 0) is 11.3 Å². The highest BCUT2D eigenvalue weighted by Crippen LogP contribution is 2.30. The van der Waals surface area contributed by atoms with E-state index in [1.54, 1.807) is 0 Å². The van der Waals surface area contributed by atoms with Crippen molar-refractivity contribution in [2.45, 2.75) is 26.8 Å². The molecule has 3 rings (SSSR count). The Morgan fingerprint density at radius 1 is 1.29 bits per heavy atom. The van der Waals surface area contributed by atoms with E-state index in [0.717, 1.165) is 17.5 Å². The summed E-state index contributed by atoms with van der Waals surface area (Å²) in [6.07, 6.45) is 2.31. The molecule has 0 fully saturated rings. The van der Waals surface area contributed by atoms with Gasteiger partial charge >= 0.3 is 0 Å². The number of amides is 1. The molecular weight excluding hydrogens is 322 g/mol. The lowest BCUT2D eigenvalue weighted by Crippen LogP contribution is -2.32. The van der Waals surface area contributed by atoms with Crippen LogP contribution in [0.15, 0.2) is 40.8 Å². The number of nitrogens with one attached hydrogen (secondary N) is 1. The SMILES string of the molecule is CCCNC(=O)Cn1cnc2scc(-c3ccc(C)cc3)c2c1=O. The molecule has 0 saturated heterocycles. The summed E-state index contributed by atoms with van der Waals surface area (Å²) in [5.74, 6) is -0.174. The second kappa shape index (κ2) is 6.97. The number of aromatic nitrogens is 2. The highest BCUT2D eigenvalue weighted by Gasteiger charge is 2.14. The molecule has 0 aliphatic carbocycles. The Balaban J connectivity index is 2.01. The summed E-state index contributed by atoms with van der Waals surface area (Å²) in [5.41, 5.74) is 2.85. The molecule has 0 saturated carbocycles. The van der Waals surface area contributed by atoms with Gasteiger partial charge in [-0.3, -0.25) is 14.2 Å². The van der Waals surface area contributed by atoms with Gasteiger partial charge in [-0.05, 0) is 18.9 Å². The van der Waals surface area contributed by atoms with Crippen molar-refractivity contribution < 1.29 is 4.79 Å². The molecule has 0 atom stereocenters. The van der Waals surface area contributed by atoms with Crippen LogP contribution in [0, 0.1) is 6.92 Å². The molecular formula is C18H19N3O2S. The van der Waals surface area contributed by atoms with Crippen molar-refractivity contribution in [3.8, 4) is 11.1 Å². The predicted octanol–water partition coefficient (Wildman–Crippen LogP) is 2.96. The third-order valence-electron chi connectivity index (χ3n) is 3.81. The van der Waals surface area contributed by atoms with Gasteiger partial charge in [-0.2, -0.15) is 0 Å². The van der Waals surface area contributed by atoms with E-state index in [1.165, 1.54) is 27.8 Å². The van der Waals surface area contributed by atoms with E-state index >= 15 is 0 Å². The first-order valence-electron chi connectivity index (χ1n) is 7.90. The minimum atomic E-state index is -0.177. The molecule has 6 heteroatoms. The van der Waals surface area contributed by atoms with Gasteiger partial charge in [0.2, 0.25) is 5.91 Å². The molecule has 0 radical (unpaired) electrons. The molecule has 2 heterocycles. The van der Waals surface area contributed by atoms with Crippen molar-refractivity contribution in [3.05, 3.63) is 51.9 Å². The number of thiophene rings is 1. The Hall–Kier alpha value is -2.47. The number of carbonyl (C=O) groups is 1. The zero-order valence-electron chi connectivity index (χ0n) is 13.7. The number of carbonyl (C=O) groups excluding carboxylic acids is 1. The molecule has 2 aromatic heterocycles. The van der Waals surface area contributed by atoms with E-state index in [1.807, 2.05) is 43.5 Å². The van der Waals surface area contributed by atoms with Gasteiger partial charge in [-0.1, -0.05) is 36.8 Å². The molecule has 0 aliphatic rings. The molecule has 0 spiro atoms. The fourth-order valence-electron chi connectivity index (χ4n) is 2.50. The highest BCUT2D eigenvalue weighted by molar-refractivity contribution is 7.17. The third-order valence-corrected chi connectivity index (χ3v) is 4.70. The number of hydrogen-bond acceptors (Lipinski definition) is 4. The van der Waals surface area contributed by atoms with Gasteiger partial charge in [0.15, 0.2) is 0 Å². The molecule has 0 aliphatic heterocycles. The molecule has 0 unspecified atom stereocenters. The highest BCUT2D eigenvalue weighted by atomic mass is 32.1. The Bertz CT molecular complexity index is 926. The summed E-state index contributed by atoms with van der Waals surface area (Å²) in [6, 6.07) is 8.04. The van der Waals surface area contributed by atoms with Crippen LogP contribution in [0.5, 0.6) is 0 Å². The monoisotopic (exact) mass is 341 g/mol. The number of nitrogens with zero attached hydrogens (tertiary/aromatic N) is 2. The molecule has 124 valence electrons. The predicted molar refractivity (Wildman–Crippen MR) is 97.4 cm³/mol. The molecule has 5 nitrogen and oxygen atoms in total. The first-order chi connectivity index (χ1) is 11.6. The van der Waals surface area contributed by atoms with Crippen molar-refractivity contribution >= 4 is 27.5 Å². The second-order valence-electron chi connectivity index (χ2n) is 5.72. The van der Waals surface area contributed by atoms with Gasteiger partial charge in [0.05, 0.1) is 11.7 Å². The third kappa shape index (κ3) is 3.23. The zero-order chi connectivity index (χ0) is 17.1. The number of rotatable bonds is 5. The molecule has 1 aromatic carbocycles. The Labute approximate surface area is 144 Å². The Morgan fingerprint density at radius 3 is 2.75 bits per heavy atom. The number of fused-ring (bicyclic) bond motifs is 1. The first-order valence-corrected chi connectivity index (χ1v) is 8.78. The number of aryl methyl sites for hydroxylation is 1. The fourth-order valence-corrected chi connectivity index (χ4v) is 3.41. The largest absolute Gasteiger partial charge is 0.355 e. The Morgan fingerprint density at radius 2 is 2.04 bits per heavy atom. The van der Waals surface area contributed by atoms with Crippen molar-refractivity contribution in [2.75, 3.05) is 6.54 Å². The molecule has 24 heavy (non-hydrogen) atoms. The van der Waals surface area contributed by atoms with Gasteiger partial charge in [0.25, 0.3) is 5.56 Å². The number of hydrogen-bond donors (Lipinski definition) is 1. The standard InChI is InChI=1S/C18H19N3O2S/c1-3-8-19-15(22)9-21-11-20-17-16(18(21)23)14(10-24-17)13-6-4-12(2)5-7-13/h4-7,10-11H,3,8-9H2,1-2H3,(H,19,22). The van der Waals surface area contributed by atoms with Crippen molar-refractivity contribution in [1.82, 2.24) is 14.9 Å². The second-order valence-corrected chi connectivity index (χ2v) is 6.58. The van der Waals surface area contributed by atoms with E-state index in [-0.39, 0.29) is 18.0 Å². The van der Waals surface area contributed by atoms with Crippen LogP contribution in [0.1, 0.15) is 18.9 Å². The van der Waals surface area contributed by atoms with Gasteiger partial charge in [-0.15, -0.1) is 11.3 Å². The fraction of sp³-hybridized carbons (Fsp3) is 0.278. The van der Waals surface area contributed by atoms with E-state index < -0.39 is 0 Å². The molecule has 0 bridgehead atoms. The summed E-state index contributed by atoms with van der Waals surface area (Å²) in [7, 11) is 0. The van der Waals surface area contributed by atoms with E-state index in [0.29, 0.717) is 16.8 Å². The van der Waals surface area contributed by atoms with Crippen LogP contribution in [0.4, 0.5) is 0 Å². The van der Waals surface area contributed by atoms with E-state index in [9.17, 15) is 9.59 Å². The van der Waals surface area contributed by atoms with Crippen molar-refractivity contribution in [3.63, 3.8) is 0 Å². The summed E-state index contributed by atoms with van der Waals surface area (Å²) >= 11 is 1.44. The summed E-state index contributed by atoms with van der Waals surface area (Å²) < 4.78 is 1.37. The smallest absolute Gasteiger partial charge is 0.263 e. The van der Waals surface area contributed by atoms with Crippen LogP contribution in [0.25, 0.3) is 21.3 Å². The quantitative estimate of drug-likeness (QED) is 0.776. The van der Waals surface area contributed by atoms with Gasteiger partial charge in [0.1, 0.15) is 11.4 Å². The maximum Gasteiger partial charge on any atom is 0.263 e. The Kier molecular flexibility index (Phi) is 4.76. The molecule has 1 amide bonds. The topological polar surface area (TPSA) is 64.0 Å². The average Bonchev–Trinajstić information content (AvgIpc) is 3.01. The lowest BCUT2D eigenvalue weighted by Gasteiger charge is -2.07. The maximum absolute atomic E-state index is 12.8. The maximum atomic E-state index is 12.8. The van der Waals surface area contributed by atoms with Crippen LogP contribution in [-0.4, -0.2) is 22.0 Å². The summed E-state index contributed by atoms with van der Waals surface area (Å²) in [5, 5.41) is 5.31. The first kappa shape index (κ1) is 16.4. The lowest BCUT2D eigenvalue weighted by molar-refractivity contribution is -0.121.